The van der Waals surface area contributed by atoms with Gasteiger partial charge in [0.25, 0.3) is 11.6 Å². The van der Waals surface area contributed by atoms with Crippen LogP contribution in [0.4, 0.5) is 5.69 Å². The Morgan fingerprint density at radius 2 is 2.21 bits per heavy atom. The van der Waals surface area contributed by atoms with E-state index in [-0.39, 0.29) is 22.4 Å². The molecule has 0 bridgehead atoms. The third-order valence-corrected chi connectivity index (χ3v) is 2.90. The Labute approximate surface area is 116 Å². The molecule has 6 nitrogen and oxygen atoms in total. The SMILES string of the molecule is COC(C)CN(C)C(=O)c1cc(Cl)ccc1[N+](=O)[O-]. The number of likely N-dealkylation sites (N-methyl/N-ethyl adjacent to an activating group) is 1. The first-order valence-corrected chi connectivity index (χ1v) is 5.96. The van der Waals surface area contributed by atoms with Gasteiger partial charge in [-0.3, -0.25) is 14.9 Å². The van der Waals surface area contributed by atoms with E-state index in [9.17, 15) is 14.9 Å². The fourth-order valence-corrected chi connectivity index (χ4v) is 1.76. The van der Waals surface area contributed by atoms with Gasteiger partial charge in [-0.25, -0.2) is 0 Å². The average molecular weight is 287 g/mol. The van der Waals surface area contributed by atoms with Crippen molar-refractivity contribution in [3.05, 3.63) is 38.9 Å². The largest absolute Gasteiger partial charge is 0.380 e. The van der Waals surface area contributed by atoms with Gasteiger partial charge in [-0.05, 0) is 19.1 Å². The number of nitro groups is 1. The summed E-state index contributed by atoms with van der Waals surface area (Å²) < 4.78 is 5.05. The minimum atomic E-state index is -0.600. The number of nitro benzene ring substituents is 1. The van der Waals surface area contributed by atoms with Crippen molar-refractivity contribution < 1.29 is 14.5 Å². The molecule has 1 atom stereocenters. The molecule has 1 rings (SSSR count). The van der Waals surface area contributed by atoms with Crippen LogP contribution in [0.1, 0.15) is 17.3 Å². The summed E-state index contributed by atoms with van der Waals surface area (Å²) in [7, 11) is 3.09. The Balaban J connectivity index is 3.04. The fourth-order valence-electron chi connectivity index (χ4n) is 1.59. The van der Waals surface area contributed by atoms with Crippen LogP contribution < -0.4 is 0 Å². The average Bonchev–Trinajstić information content (AvgIpc) is 2.36. The molecule has 1 unspecified atom stereocenters. The first kappa shape index (κ1) is 15.4. The Hall–Kier alpha value is -1.66. The van der Waals surface area contributed by atoms with Crippen LogP contribution >= 0.6 is 11.6 Å². The van der Waals surface area contributed by atoms with Crippen LogP contribution in [0.3, 0.4) is 0 Å². The Morgan fingerprint density at radius 1 is 1.58 bits per heavy atom. The molecule has 0 radical (unpaired) electrons. The number of carbonyl (C=O) groups is 1. The van der Waals surface area contributed by atoms with Crippen LogP contribution in [0.5, 0.6) is 0 Å². The van der Waals surface area contributed by atoms with Gasteiger partial charge in [0.05, 0.1) is 11.0 Å². The molecule has 0 aromatic heterocycles. The molecule has 0 heterocycles. The summed E-state index contributed by atoms with van der Waals surface area (Å²) in [5.41, 5.74) is -0.283. The molecular weight excluding hydrogens is 272 g/mol. The molecule has 0 N–H and O–H groups in total. The van der Waals surface area contributed by atoms with Gasteiger partial charge >= 0.3 is 0 Å². The maximum absolute atomic E-state index is 12.2. The van der Waals surface area contributed by atoms with E-state index in [2.05, 4.69) is 0 Å². The van der Waals surface area contributed by atoms with E-state index in [0.29, 0.717) is 6.54 Å². The zero-order valence-corrected chi connectivity index (χ0v) is 11.7. The lowest BCUT2D eigenvalue weighted by Crippen LogP contribution is -2.34. The number of benzene rings is 1. The van der Waals surface area contributed by atoms with Crippen LogP contribution in [0.15, 0.2) is 18.2 Å². The molecule has 19 heavy (non-hydrogen) atoms. The second-order valence-electron chi connectivity index (χ2n) is 4.15. The number of amides is 1. The summed E-state index contributed by atoms with van der Waals surface area (Å²) in [6.45, 7) is 2.13. The summed E-state index contributed by atoms with van der Waals surface area (Å²) in [4.78, 5) is 23.9. The lowest BCUT2D eigenvalue weighted by molar-refractivity contribution is -0.385. The van der Waals surface area contributed by atoms with Gasteiger partial charge in [-0.2, -0.15) is 0 Å². The van der Waals surface area contributed by atoms with Crippen molar-refractivity contribution in [3.8, 4) is 0 Å². The minimum Gasteiger partial charge on any atom is -0.380 e. The zero-order valence-electron chi connectivity index (χ0n) is 10.9. The predicted molar refractivity (Wildman–Crippen MR) is 71.5 cm³/mol. The number of halogens is 1. The molecule has 104 valence electrons. The third kappa shape index (κ3) is 3.90. The number of ether oxygens (including phenoxy) is 1. The van der Waals surface area contributed by atoms with E-state index in [1.54, 1.807) is 14.0 Å². The van der Waals surface area contributed by atoms with Gasteiger partial charge in [0.15, 0.2) is 0 Å². The van der Waals surface area contributed by atoms with Crippen molar-refractivity contribution in [1.29, 1.82) is 0 Å². The van der Waals surface area contributed by atoms with Crippen molar-refractivity contribution >= 4 is 23.2 Å². The quantitative estimate of drug-likeness (QED) is 0.615. The molecule has 7 heteroatoms. The van der Waals surface area contributed by atoms with Crippen molar-refractivity contribution in [2.45, 2.75) is 13.0 Å². The van der Waals surface area contributed by atoms with E-state index in [4.69, 9.17) is 16.3 Å². The summed E-state index contributed by atoms with van der Waals surface area (Å²) >= 11 is 5.79. The van der Waals surface area contributed by atoms with Crippen LogP contribution in [0.25, 0.3) is 0 Å². The van der Waals surface area contributed by atoms with Crippen molar-refractivity contribution in [1.82, 2.24) is 4.90 Å². The summed E-state index contributed by atoms with van der Waals surface area (Å²) in [5.74, 6) is -0.460. The first-order chi connectivity index (χ1) is 8.86. The molecule has 0 saturated heterocycles. The Kier molecular flexibility index (Phi) is 5.26. The fraction of sp³-hybridized carbons (Fsp3) is 0.417. The number of carbonyl (C=O) groups excluding carboxylic acids is 1. The highest BCUT2D eigenvalue weighted by Crippen LogP contribution is 2.23. The third-order valence-electron chi connectivity index (χ3n) is 2.67. The van der Waals surface area contributed by atoms with Gasteiger partial charge in [-0.15, -0.1) is 0 Å². The van der Waals surface area contributed by atoms with Crippen LogP contribution in [0, 0.1) is 10.1 Å². The van der Waals surface area contributed by atoms with Gasteiger partial charge in [0.1, 0.15) is 5.56 Å². The van der Waals surface area contributed by atoms with E-state index >= 15 is 0 Å². The summed E-state index contributed by atoms with van der Waals surface area (Å²) in [6, 6.07) is 3.91. The number of hydrogen-bond acceptors (Lipinski definition) is 4. The number of rotatable bonds is 5. The highest BCUT2D eigenvalue weighted by Gasteiger charge is 2.23. The topological polar surface area (TPSA) is 72.7 Å². The van der Waals surface area contributed by atoms with Crippen molar-refractivity contribution in [2.24, 2.45) is 0 Å². The van der Waals surface area contributed by atoms with Gasteiger partial charge in [0, 0.05) is 31.8 Å². The second kappa shape index (κ2) is 6.49. The Bertz CT molecular complexity index is 493. The monoisotopic (exact) mass is 286 g/mol. The van der Waals surface area contributed by atoms with Crippen molar-refractivity contribution in [3.63, 3.8) is 0 Å². The molecule has 0 aliphatic carbocycles. The minimum absolute atomic E-state index is 0.0247. The number of hydrogen-bond donors (Lipinski definition) is 0. The second-order valence-corrected chi connectivity index (χ2v) is 4.59. The molecule has 0 fully saturated rings. The molecule has 1 aromatic carbocycles. The summed E-state index contributed by atoms with van der Waals surface area (Å²) in [5, 5.41) is 11.2. The smallest absolute Gasteiger partial charge is 0.282 e. The molecule has 0 saturated carbocycles. The molecule has 1 aromatic rings. The highest BCUT2D eigenvalue weighted by atomic mass is 35.5. The van der Waals surface area contributed by atoms with Crippen molar-refractivity contribution in [2.75, 3.05) is 20.7 Å². The molecule has 0 spiro atoms. The molecule has 1 amide bonds. The number of methoxy groups -OCH3 is 1. The van der Waals surface area contributed by atoms with Gasteiger partial charge < -0.3 is 9.64 Å². The number of nitrogens with zero attached hydrogens (tertiary/aromatic N) is 2. The van der Waals surface area contributed by atoms with Crippen LogP contribution in [-0.2, 0) is 4.74 Å². The lowest BCUT2D eigenvalue weighted by atomic mass is 10.1. The normalized spacial score (nSPS) is 12.0. The van der Waals surface area contributed by atoms with E-state index in [1.165, 1.54) is 30.2 Å². The maximum Gasteiger partial charge on any atom is 0.282 e. The molecule has 0 aliphatic heterocycles. The van der Waals surface area contributed by atoms with E-state index in [1.807, 2.05) is 0 Å². The van der Waals surface area contributed by atoms with E-state index < -0.39 is 10.8 Å². The highest BCUT2D eigenvalue weighted by molar-refractivity contribution is 6.31. The Morgan fingerprint density at radius 3 is 2.74 bits per heavy atom. The predicted octanol–water partition coefficient (Wildman–Crippen LogP) is 2.36. The van der Waals surface area contributed by atoms with Gasteiger partial charge in [-0.1, -0.05) is 11.6 Å². The standard InChI is InChI=1S/C12H15ClN2O4/c1-8(19-3)7-14(2)12(16)10-6-9(13)4-5-11(10)15(17)18/h4-6,8H,7H2,1-3H3. The molecule has 0 aliphatic rings. The first-order valence-electron chi connectivity index (χ1n) is 5.59. The maximum atomic E-state index is 12.2. The lowest BCUT2D eigenvalue weighted by Gasteiger charge is -2.20. The zero-order chi connectivity index (χ0) is 14.6. The van der Waals surface area contributed by atoms with Crippen LogP contribution in [0.2, 0.25) is 5.02 Å². The van der Waals surface area contributed by atoms with E-state index in [0.717, 1.165) is 0 Å². The molecular formula is C12H15ClN2O4. The summed E-state index contributed by atoms with van der Waals surface area (Å²) in [6.07, 6.45) is -0.160. The van der Waals surface area contributed by atoms with Crippen LogP contribution in [-0.4, -0.2) is 42.5 Å². The van der Waals surface area contributed by atoms with Gasteiger partial charge in [0.2, 0.25) is 0 Å².